The molecule has 5 nitrogen and oxygen atoms in total. The maximum absolute atomic E-state index is 11.8. The van der Waals surface area contributed by atoms with E-state index in [2.05, 4.69) is 5.43 Å². The molecule has 3 rings (SSSR count). The van der Waals surface area contributed by atoms with Crippen molar-refractivity contribution in [2.24, 2.45) is 0 Å². The molecule has 112 valence electrons. The highest BCUT2D eigenvalue weighted by atomic mass is 16.4. The summed E-state index contributed by atoms with van der Waals surface area (Å²) >= 11 is 0. The van der Waals surface area contributed by atoms with E-state index in [0.29, 0.717) is 25.8 Å². The van der Waals surface area contributed by atoms with Gasteiger partial charge in [-0.1, -0.05) is 31.4 Å². The molecule has 2 aliphatic rings. The fourth-order valence-corrected chi connectivity index (χ4v) is 3.41. The highest BCUT2D eigenvalue weighted by molar-refractivity contribution is 5.83. The Labute approximate surface area is 123 Å². The average Bonchev–Trinajstić information content (AvgIpc) is 2.94. The second-order valence-electron chi connectivity index (χ2n) is 5.93. The lowest BCUT2D eigenvalue weighted by molar-refractivity contribution is -0.145. The number of hydrogen-bond acceptors (Lipinski definition) is 3. The minimum Gasteiger partial charge on any atom is -0.481 e. The Balaban J connectivity index is 1.85. The van der Waals surface area contributed by atoms with E-state index in [-0.39, 0.29) is 5.91 Å². The van der Waals surface area contributed by atoms with Crippen molar-refractivity contribution in [3.8, 4) is 0 Å². The number of carbonyl (C=O) groups excluding carboxylic acids is 1. The lowest BCUT2D eigenvalue weighted by Gasteiger charge is -2.34. The second-order valence-corrected chi connectivity index (χ2v) is 5.93. The van der Waals surface area contributed by atoms with Crippen molar-refractivity contribution in [1.82, 2.24) is 5.43 Å². The van der Waals surface area contributed by atoms with E-state index in [1.807, 2.05) is 24.3 Å². The van der Waals surface area contributed by atoms with Crippen LogP contribution in [0.3, 0.4) is 0 Å². The summed E-state index contributed by atoms with van der Waals surface area (Å²) in [5, 5.41) is 11.5. The van der Waals surface area contributed by atoms with E-state index in [1.54, 1.807) is 5.01 Å². The van der Waals surface area contributed by atoms with Crippen LogP contribution in [0.2, 0.25) is 0 Å². The van der Waals surface area contributed by atoms with Gasteiger partial charge in [0.25, 0.3) is 0 Å². The third-order valence-electron chi connectivity index (χ3n) is 4.67. The molecule has 0 aromatic heterocycles. The van der Waals surface area contributed by atoms with Crippen molar-refractivity contribution in [3.63, 3.8) is 0 Å². The number of nitrogens with one attached hydrogen (secondary N) is 1. The molecule has 0 atom stereocenters. The van der Waals surface area contributed by atoms with Gasteiger partial charge >= 0.3 is 5.97 Å². The van der Waals surface area contributed by atoms with Gasteiger partial charge in [0.2, 0.25) is 5.91 Å². The Hall–Kier alpha value is -2.04. The summed E-state index contributed by atoms with van der Waals surface area (Å²) in [6.45, 7) is 0.655. The van der Waals surface area contributed by atoms with Crippen molar-refractivity contribution in [2.45, 2.75) is 43.9 Å². The van der Waals surface area contributed by atoms with Crippen LogP contribution >= 0.6 is 0 Å². The van der Waals surface area contributed by atoms with Gasteiger partial charge in [-0.05, 0) is 30.5 Å². The Morgan fingerprint density at radius 2 is 1.81 bits per heavy atom. The minimum atomic E-state index is -0.731. The number of carboxylic acid groups (broad SMARTS) is 1. The average molecular weight is 288 g/mol. The van der Waals surface area contributed by atoms with Crippen LogP contribution in [0.5, 0.6) is 0 Å². The van der Waals surface area contributed by atoms with Crippen LogP contribution in [0.25, 0.3) is 0 Å². The van der Waals surface area contributed by atoms with Crippen LogP contribution in [0.1, 0.15) is 44.1 Å². The van der Waals surface area contributed by atoms with Gasteiger partial charge in [0.1, 0.15) is 0 Å². The van der Waals surface area contributed by atoms with Crippen molar-refractivity contribution < 1.29 is 14.7 Å². The number of amides is 1. The van der Waals surface area contributed by atoms with Crippen LogP contribution in [-0.4, -0.2) is 23.5 Å². The van der Waals surface area contributed by atoms with Gasteiger partial charge in [-0.25, -0.2) is 0 Å². The van der Waals surface area contributed by atoms with E-state index in [1.165, 1.54) is 0 Å². The first-order valence-corrected chi connectivity index (χ1v) is 7.53. The smallest absolute Gasteiger partial charge is 0.314 e. The molecule has 0 radical (unpaired) electrons. The fraction of sp³-hybridized carbons (Fsp3) is 0.500. The summed E-state index contributed by atoms with van der Waals surface area (Å²) in [4.78, 5) is 23.0. The van der Waals surface area contributed by atoms with E-state index in [4.69, 9.17) is 0 Å². The van der Waals surface area contributed by atoms with Gasteiger partial charge in [0, 0.05) is 13.0 Å². The number of carbonyl (C=O) groups is 2. The van der Waals surface area contributed by atoms with Gasteiger partial charge in [-0.2, -0.15) is 0 Å². The van der Waals surface area contributed by atoms with Gasteiger partial charge in [-0.15, -0.1) is 0 Å². The third kappa shape index (κ3) is 2.48. The molecule has 0 bridgehead atoms. The summed E-state index contributed by atoms with van der Waals surface area (Å²) in [6.07, 6.45) is 4.98. The Morgan fingerprint density at radius 1 is 1.14 bits per heavy atom. The first kappa shape index (κ1) is 13.9. The molecule has 1 aromatic carbocycles. The maximum atomic E-state index is 11.8. The lowest BCUT2D eigenvalue weighted by atomic mass is 9.69. The topological polar surface area (TPSA) is 69.6 Å². The number of carboxylic acids is 1. The molecule has 1 heterocycles. The quantitative estimate of drug-likeness (QED) is 0.894. The Bertz CT molecular complexity index is 547. The number of aliphatic carboxylic acids is 1. The Kier molecular flexibility index (Phi) is 3.57. The number of anilines is 1. The molecule has 21 heavy (non-hydrogen) atoms. The lowest BCUT2D eigenvalue weighted by Crippen LogP contribution is -2.38. The standard InChI is InChI=1S/C16H20N2O3/c19-14-8-11-18(17-14)13-6-4-12(5-7-13)16(15(20)21)9-2-1-3-10-16/h4-7H,1-3,8-11H2,(H,17,19)(H,20,21). The highest BCUT2D eigenvalue weighted by Gasteiger charge is 2.41. The zero-order valence-electron chi connectivity index (χ0n) is 12.0. The SMILES string of the molecule is O=C1CCN(c2ccc(C3(C(=O)O)CCCCC3)cc2)N1. The number of hydrazine groups is 1. The third-order valence-corrected chi connectivity index (χ3v) is 4.67. The van der Waals surface area contributed by atoms with E-state index in [0.717, 1.165) is 30.5 Å². The summed E-state index contributed by atoms with van der Waals surface area (Å²) in [6, 6.07) is 7.61. The molecule has 1 amide bonds. The van der Waals surface area contributed by atoms with Crippen LogP contribution in [-0.2, 0) is 15.0 Å². The van der Waals surface area contributed by atoms with E-state index < -0.39 is 11.4 Å². The molecule has 1 saturated carbocycles. The summed E-state index contributed by atoms with van der Waals surface area (Å²) < 4.78 is 0. The second kappa shape index (κ2) is 5.39. The minimum absolute atomic E-state index is 0.0216. The molecular weight excluding hydrogens is 268 g/mol. The van der Waals surface area contributed by atoms with Gasteiger partial charge in [0.05, 0.1) is 11.1 Å². The van der Waals surface area contributed by atoms with Crippen molar-refractivity contribution in [1.29, 1.82) is 0 Å². The first-order chi connectivity index (χ1) is 10.1. The zero-order chi connectivity index (χ0) is 14.9. The summed E-state index contributed by atoms with van der Waals surface area (Å²) in [5.41, 5.74) is 3.83. The van der Waals surface area contributed by atoms with Gasteiger partial charge in [0.15, 0.2) is 0 Å². The summed E-state index contributed by atoms with van der Waals surface area (Å²) in [5.74, 6) is -0.696. The molecule has 5 heteroatoms. The van der Waals surface area contributed by atoms with Crippen molar-refractivity contribution >= 4 is 17.6 Å². The predicted octanol–water partition coefficient (Wildman–Crippen LogP) is 2.21. The molecule has 1 saturated heterocycles. The van der Waals surface area contributed by atoms with E-state index >= 15 is 0 Å². The fourth-order valence-electron chi connectivity index (χ4n) is 3.41. The molecule has 1 aliphatic carbocycles. The molecule has 0 unspecified atom stereocenters. The van der Waals surface area contributed by atoms with Crippen molar-refractivity contribution in [2.75, 3.05) is 11.6 Å². The number of hydrogen-bond donors (Lipinski definition) is 2. The number of nitrogens with zero attached hydrogens (tertiary/aromatic N) is 1. The van der Waals surface area contributed by atoms with Crippen LogP contribution in [0, 0.1) is 0 Å². The van der Waals surface area contributed by atoms with Gasteiger partial charge < -0.3 is 5.11 Å². The molecule has 2 N–H and O–H groups in total. The molecule has 1 aromatic rings. The largest absolute Gasteiger partial charge is 0.481 e. The first-order valence-electron chi connectivity index (χ1n) is 7.53. The van der Waals surface area contributed by atoms with Gasteiger partial charge in [-0.3, -0.25) is 20.0 Å². The summed E-state index contributed by atoms with van der Waals surface area (Å²) in [7, 11) is 0. The van der Waals surface area contributed by atoms with Crippen molar-refractivity contribution in [3.05, 3.63) is 29.8 Å². The number of benzene rings is 1. The normalized spacial score (nSPS) is 21.1. The molecule has 1 aliphatic heterocycles. The maximum Gasteiger partial charge on any atom is 0.314 e. The highest BCUT2D eigenvalue weighted by Crippen LogP contribution is 2.40. The number of rotatable bonds is 3. The van der Waals surface area contributed by atoms with E-state index in [9.17, 15) is 14.7 Å². The van der Waals surface area contributed by atoms with Crippen LogP contribution < -0.4 is 10.4 Å². The Morgan fingerprint density at radius 3 is 2.33 bits per heavy atom. The zero-order valence-corrected chi connectivity index (χ0v) is 12.0. The molecule has 2 fully saturated rings. The van der Waals surface area contributed by atoms with Crippen LogP contribution in [0.15, 0.2) is 24.3 Å². The molecular formula is C16H20N2O3. The predicted molar refractivity (Wildman–Crippen MR) is 78.9 cm³/mol. The monoisotopic (exact) mass is 288 g/mol. The molecule has 0 spiro atoms. The van der Waals surface area contributed by atoms with Crippen LogP contribution in [0.4, 0.5) is 5.69 Å².